The zero-order valence-electron chi connectivity index (χ0n) is 9.62. The maximum absolute atomic E-state index is 11.6. The quantitative estimate of drug-likeness (QED) is 0.730. The molecule has 2 aromatic heterocycles. The summed E-state index contributed by atoms with van der Waals surface area (Å²) in [6.45, 7) is 0. The van der Waals surface area contributed by atoms with E-state index in [-0.39, 0.29) is 5.56 Å². The number of nitrogens with zero attached hydrogens (tertiary/aromatic N) is 3. The van der Waals surface area contributed by atoms with Crippen LogP contribution in [0.4, 0.5) is 0 Å². The second kappa shape index (κ2) is 3.99. The van der Waals surface area contributed by atoms with E-state index in [2.05, 4.69) is 15.1 Å². The number of nitrogens with one attached hydrogen (secondary N) is 1. The van der Waals surface area contributed by atoms with Crippen molar-refractivity contribution in [2.24, 2.45) is 0 Å². The molecule has 1 N–H and O–H groups in total. The van der Waals surface area contributed by atoms with Gasteiger partial charge in [-0.05, 0) is 12.1 Å². The van der Waals surface area contributed by atoms with E-state index in [1.807, 2.05) is 24.3 Å². The number of rotatable bonds is 2. The summed E-state index contributed by atoms with van der Waals surface area (Å²) in [5.41, 5.74) is 1.11. The Balaban J connectivity index is 2.25. The minimum Gasteiger partial charge on any atom is -0.497 e. The molecule has 0 saturated carbocycles. The molecule has 0 unspecified atom stereocenters. The van der Waals surface area contributed by atoms with Gasteiger partial charge in [-0.2, -0.15) is 5.10 Å². The molecule has 0 bridgehead atoms. The lowest BCUT2D eigenvalue weighted by molar-refractivity contribution is 0.414. The number of hydrogen-bond donors (Lipinski definition) is 1. The zero-order valence-corrected chi connectivity index (χ0v) is 9.62. The van der Waals surface area contributed by atoms with Crippen molar-refractivity contribution in [3.8, 4) is 11.4 Å². The van der Waals surface area contributed by atoms with Crippen LogP contribution in [0.25, 0.3) is 16.7 Å². The lowest BCUT2D eigenvalue weighted by Gasteiger charge is -2.04. The molecule has 6 heteroatoms. The van der Waals surface area contributed by atoms with E-state index in [1.165, 1.54) is 12.5 Å². The fourth-order valence-corrected chi connectivity index (χ4v) is 1.79. The second-order valence-electron chi connectivity index (χ2n) is 3.73. The van der Waals surface area contributed by atoms with Gasteiger partial charge in [-0.15, -0.1) is 0 Å². The summed E-state index contributed by atoms with van der Waals surface area (Å²) in [5.74, 6) is 0.723. The molecule has 3 rings (SSSR count). The molecule has 0 aliphatic heterocycles. The molecule has 0 aliphatic rings. The van der Waals surface area contributed by atoms with Crippen LogP contribution in [-0.4, -0.2) is 26.9 Å². The molecule has 0 aliphatic carbocycles. The molecule has 3 aromatic rings. The van der Waals surface area contributed by atoms with Crippen molar-refractivity contribution in [2.75, 3.05) is 7.11 Å². The minimum atomic E-state index is -0.200. The van der Waals surface area contributed by atoms with Crippen molar-refractivity contribution < 1.29 is 4.74 Å². The van der Waals surface area contributed by atoms with Crippen LogP contribution in [0, 0.1) is 0 Å². The van der Waals surface area contributed by atoms with Crippen molar-refractivity contribution in [3.05, 3.63) is 47.1 Å². The Morgan fingerprint density at radius 3 is 3.11 bits per heavy atom. The van der Waals surface area contributed by atoms with E-state index in [0.717, 1.165) is 11.4 Å². The maximum atomic E-state index is 11.6. The van der Waals surface area contributed by atoms with Gasteiger partial charge in [-0.1, -0.05) is 6.07 Å². The molecule has 0 atom stereocenters. The fourth-order valence-electron chi connectivity index (χ4n) is 1.79. The number of aromatic amines is 1. The standard InChI is InChI=1S/C12H10N4O2/c1-18-9-4-2-3-8(5-9)16-11-10(6-15-16)12(17)14-7-13-11/h2-7H,1H3,(H,13,14,17). The molecule has 90 valence electrons. The van der Waals surface area contributed by atoms with Gasteiger partial charge in [0.1, 0.15) is 11.1 Å². The molecule has 0 radical (unpaired) electrons. The molecular weight excluding hydrogens is 232 g/mol. The fraction of sp³-hybridized carbons (Fsp3) is 0.0833. The highest BCUT2D eigenvalue weighted by Gasteiger charge is 2.08. The molecule has 0 spiro atoms. The summed E-state index contributed by atoms with van der Waals surface area (Å²) in [7, 11) is 1.60. The van der Waals surface area contributed by atoms with Crippen molar-refractivity contribution >= 4 is 11.0 Å². The molecule has 18 heavy (non-hydrogen) atoms. The van der Waals surface area contributed by atoms with Gasteiger partial charge in [-0.25, -0.2) is 9.67 Å². The molecule has 1 aromatic carbocycles. The largest absolute Gasteiger partial charge is 0.497 e. The van der Waals surface area contributed by atoms with Gasteiger partial charge in [0, 0.05) is 6.07 Å². The van der Waals surface area contributed by atoms with Crippen molar-refractivity contribution in [1.29, 1.82) is 0 Å². The van der Waals surface area contributed by atoms with Crippen LogP contribution in [-0.2, 0) is 0 Å². The third-order valence-electron chi connectivity index (χ3n) is 2.67. The summed E-state index contributed by atoms with van der Waals surface area (Å²) < 4.78 is 6.76. The normalized spacial score (nSPS) is 10.7. The van der Waals surface area contributed by atoms with Crippen LogP contribution in [0.3, 0.4) is 0 Å². The maximum Gasteiger partial charge on any atom is 0.261 e. The van der Waals surface area contributed by atoms with E-state index in [0.29, 0.717) is 11.0 Å². The highest BCUT2D eigenvalue weighted by Crippen LogP contribution is 2.18. The molecule has 6 nitrogen and oxygen atoms in total. The molecule has 0 saturated heterocycles. The van der Waals surface area contributed by atoms with E-state index in [4.69, 9.17) is 4.74 Å². The first-order valence-corrected chi connectivity index (χ1v) is 5.35. The first kappa shape index (κ1) is 10.5. The summed E-state index contributed by atoms with van der Waals surface area (Å²) >= 11 is 0. The Morgan fingerprint density at radius 2 is 2.28 bits per heavy atom. The Kier molecular flexibility index (Phi) is 2.33. The number of hydrogen-bond acceptors (Lipinski definition) is 4. The third kappa shape index (κ3) is 1.55. The second-order valence-corrected chi connectivity index (χ2v) is 3.73. The monoisotopic (exact) mass is 242 g/mol. The molecule has 0 amide bonds. The number of benzene rings is 1. The number of aromatic nitrogens is 4. The predicted molar refractivity (Wildman–Crippen MR) is 66.0 cm³/mol. The van der Waals surface area contributed by atoms with Gasteiger partial charge in [0.2, 0.25) is 0 Å². The number of ether oxygens (including phenoxy) is 1. The number of fused-ring (bicyclic) bond motifs is 1. The summed E-state index contributed by atoms with van der Waals surface area (Å²) in [6, 6.07) is 7.40. The Bertz CT molecular complexity index is 760. The van der Waals surface area contributed by atoms with E-state index >= 15 is 0 Å². The third-order valence-corrected chi connectivity index (χ3v) is 2.67. The van der Waals surface area contributed by atoms with E-state index < -0.39 is 0 Å². The SMILES string of the molecule is COc1cccc(-n2ncc3c(=O)[nH]cnc32)c1. The van der Waals surface area contributed by atoms with Gasteiger partial charge in [0.15, 0.2) is 5.65 Å². The van der Waals surface area contributed by atoms with Crippen molar-refractivity contribution in [3.63, 3.8) is 0 Å². The van der Waals surface area contributed by atoms with Crippen molar-refractivity contribution in [2.45, 2.75) is 0 Å². The first-order chi connectivity index (χ1) is 8.79. The van der Waals surface area contributed by atoms with Gasteiger partial charge in [0.25, 0.3) is 5.56 Å². The van der Waals surface area contributed by atoms with Gasteiger partial charge < -0.3 is 9.72 Å². The number of methoxy groups -OCH3 is 1. The smallest absolute Gasteiger partial charge is 0.261 e. The Labute approximate surface area is 102 Å². The highest BCUT2D eigenvalue weighted by molar-refractivity contribution is 5.74. The van der Waals surface area contributed by atoms with Crippen LogP contribution in [0.2, 0.25) is 0 Å². The number of H-pyrrole nitrogens is 1. The van der Waals surface area contributed by atoms with E-state index in [9.17, 15) is 4.79 Å². The Morgan fingerprint density at radius 1 is 1.39 bits per heavy atom. The Hall–Kier alpha value is -2.63. The molecular formula is C12H10N4O2. The topological polar surface area (TPSA) is 72.8 Å². The molecule has 0 fully saturated rings. The predicted octanol–water partition coefficient (Wildman–Crippen LogP) is 1.12. The average molecular weight is 242 g/mol. The van der Waals surface area contributed by atoms with Gasteiger partial charge in [-0.3, -0.25) is 4.79 Å². The minimum absolute atomic E-state index is 0.200. The summed E-state index contributed by atoms with van der Waals surface area (Å²) in [4.78, 5) is 18.2. The lowest BCUT2D eigenvalue weighted by atomic mass is 10.3. The first-order valence-electron chi connectivity index (χ1n) is 5.35. The molecule has 2 heterocycles. The zero-order chi connectivity index (χ0) is 12.5. The van der Waals surface area contributed by atoms with Gasteiger partial charge >= 0.3 is 0 Å². The summed E-state index contributed by atoms with van der Waals surface area (Å²) in [6.07, 6.45) is 2.86. The lowest BCUT2D eigenvalue weighted by Crippen LogP contribution is -2.06. The van der Waals surface area contributed by atoms with Crippen LogP contribution >= 0.6 is 0 Å². The van der Waals surface area contributed by atoms with E-state index in [1.54, 1.807) is 11.8 Å². The van der Waals surface area contributed by atoms with Crippen molar-refractivity contribution in [1.82, 2.24) is 19.7 Å². The van der Waals surface area contributed by atoms with Crippen LogP contribution < -0.4 is 10.3 Å². The van der Waals surface area contributed by atoms with Gasteiger partial charge in [0.05, 0.1) is 25.3 Å². The van der Waals surface area contributed by atoms with Crippen LogP contribution in [0.15, 0.2) is 41.6 Å². The summed E-state index contributed by atoms with van der Waals surface area (Å²) in [5, 5.41) is 4.64. The highest BCUT2D eigenvalue weighted by atomic mass is 16.5. The average Bonchev–Trinajstić information content (AvgIpc) is 2.84. The van der Waals surface area contributed by atoms with Crippen LogP contribution in [0.5, 0.6) is 5.75 Å². The van der Waals surface area contributed by atoms with Crippen LogP contribution in [0.1, 0.15) is 0 Å².